The van der Waals surface area contributed by atoms with Gasteiger partial charge in [-0.1, -0.05) is 0 Å². The van der Waals surface area contributed by atoms with E-state index in [1.807, 2.05) is 0 Å². The summed E-state index contributed by atoms with van der Waals surface area (Å²) in [6, 6.07) is 4.02. The van der Waals surface area contributed by atoms with Gasteiger partial charge < -0.3 is 10.2 Å². The molecule has 13 heavy (non-hydrogen) atoms. The lowest BCUT2D eigenvalue weighted by atomic mass is 10.1. The Morgan fingerprint density at radius 1 is 1.54 bits per heavy atom. The molecule has 0 aliphatic carbocycles. The zero-order valence-electron chi connectivity index (χ0n) is 6.28. The number of carboxylic acids is 1. The highest BCUT2D eigenvalue weighted by molar-refractivity contribution is 9.10. The number of carbonyl (C=O) groups is 1. The van der Waals surface area contributed by atoms with E-state index in [1.165, 1.54) is 6.07 Å². The van der Waals surface area contributed by atoms with Crippen LogP contribution < -0.4 is 0 Å². The number of aromatic carboxylic acids is 1. The van der Waals surface area contributed by atoms with Crippen molar-refractivity contribution in [1.82, 2.24) is 0 Å². The Balaban J connectivity index is 3.39. The summed E-state index contributed by atoms with van der Waals surface area (Å²) in [5.41, 5.74) is -0.0339. The molecule has 0 amide bonds. The molecule has 1 aromatic rings. The van der Waals surface area contributed by atoms with Crippen LogP contribution in [0.5, 0.6) is 5.75 Å². The minimum absolute atomic E-state index is 0.0388. The number of halogens is 1. The number of hydrogen-bond donors (Lipinski definition) is 2. The van der Waals surface area contributed by atoms with Crippen molar-refractivity contribution in [3.8, 4) is 11.8 Å². The Morgan fingerprint density at radius 2 is 2.15 bits per heavy atom. The summed E-state index contributed by atoms with van der Waals surface area (Å²) in [6.07, 6.45) is 0. The van der Waals surface area contributed by atoms with Crippen molar-refractivity contribution in [3.63, 3.8) is 0 Å². The topological polar surface area (TPSA) is 81.3 Å². The number of aromatic hydroxyl groups is 1. The molecule has 0 saturated carbocycles. The summed E-state index contributed by atoms with van der Waals surface area (Å²) in [4.78, 5) is 10.5. The first-order chi connectivity index (χ1) is 6.06. The lowest BCUT2D eigenvalue weighted by Crippen LogP contribution is -1.97. The molecule has 0 unspecified atom stereocenters. The second kappa shape index (κ2) is 3.46. The summed E-state index contributed by atoms with van der Waals surface area (Å²) >= 11 is 2.98. The number of phenolic OH excluding ortho intramolecular Hbond substituents is 1. The van der Waals surface area contributed by atoms with Gasteiger partial charge in [0, 0.05) is 4.47 Å². The van der Waals surface area contributed by atoms with E-state index in [-0.39, 0.29) is 21.3 Å². The SMILES string of the molecule is N#Cc1cc(Br)c(C(=O)O)cc1O. The van der Waals surface area contributed by atoms with Crippen LogP contribution in [0.15, 0.2) is 16.6 Å². The van der Waals surface area contributed by atoms with Crippen LogP contribution in [0.25, 0.3) is 0 Å². The van der Waals surface area contributed by atoms with E-state index in [0.29, 0.717) is 0 Å². The van der Waals surface area contributed by atoms with Crippen LogP contribution in [-0.4, -0.2) is 16.2 Å². The number of nitrogens with zero attached hydrogens (tertiary/aromatic N) is 1. The van der Waals surface area contributed by atoms with Crippen molar-refractivity contribution < 1.29 is 15.0 Å². The number of phenols is 1. The van der Waals surface area contributed by atoms with Gasteiger partial charge in [-0.05, 0) is 28.1 Å². The van der Waals surface area contributed by atoms with Crippen LogP contribution in [0.4, 0.5) is 0 Å². The first-order valence-electron chi connectivity index (χ1n) is 3.22. The molecule has 0 spiro atoms. The van der Waals surface area contributed by atoms with Crippen LogP contribution >= 0.6 is 15.9 Å². The van der Waals surface area contributed by atoms with E-state index in [2.05, 4.69) is 15.9 Å². The zero-order valence-corrected chi connectivity index (χ0v) is 7.87. The van der Waals surface area contributed by atoms with Crippen molar-refractivity contribution in [1.29, 1.82) is 5.26 Å². The van der Waals surface area contributed by atoms with Gasteiger partial charge in [0.25, 0.3) is 0 Å². The smallest absolute Gasteiger partial charge is 0.336 e. The van der Waals surface area contributed by atoms with Crippen LogP contribution in [0.1, 0.15) is 15.9 Å². The van der Waals surface area contributed by atoms with Crippen molar-refractivity contribution in [2.24, 2.45) is 0 Å². The molecule has 0 bridgehead atoms. The molecule has 0 aliphatic rings. The molecule has 0 fully saturated rings. The summed E-state index contributed by atoms with van der Waals surface area (Å²) < 4.78 is 0.273. The maximum atomic E-state index is 10.5. The Kier molecular flexibility index (Phi) is 2.54. The summed E-state index contributed by atoms with van der Waals surface area (Å²) in [5, 5.41) is 26.3. The van der Waals surface area contributed by atoms with Gasteiger partial charge in [0.1, 0.15) is 11.8 Å². The molecule has 1 aromatic carbocycles. The van der Waals surface area contributed by atoms with Gasteiger partial charge in [0.15, 0.2) is 0 Å². The first-order valence-corrected chi connectivity index (χ1v) is 4.01. The van der Waals surface area contributed by atoms with Crippen molar-refractivity contribution in [3.05, 3.63) is 27.7 Å². The second-order valence-electron chi connectivity index (χ2n) is 2.27. The minimum Gasteiger partial charge on any atom is -0.507 e. The average molecular weight is 242 g/mol. The maximum absolute atomic E-state index is 10.5. The predicted octanol–water partition coefficient (Wildman–Crippen LogP) is 1.72. The van der Waals surface area contributed by atoms with E-state index in [4.69, 9.17) is 15.5 Å². The predicted molar refractivity (Wildman–Crippen MR) is 47.5 cm³/mol. The monoisotopic (exact) mass is 241 g/mol. The second-order valence-corrected chi connectivity index (χ2v) is 3.12. The molecule has 0 aromatic heterocycles. The van der Waals surface area contributed by atoms with E-state index in [1.54, 1.807) is 6.07 Å². The standard InChI is InChI=1S/C8H4BrNO3/c9-6-1-4(3-10)7(11)2-5(6)8(12)13/h1-2,11H,(H,12,13). The van der Waals surface area contributed by atoms with Gasteiger partial charge in [-0.25, -0.2) is 4.79 Å². The van der Waals surface area contributed by atoms with Crippen LogP contribution in [0.2, 0.25) is 0 Å². The lowest BCUT2D eigenvalue weighted by molar-refractivity contribution is 0.0695. The Labute approximate surface area is 82.2 Å². The van der Waals surface area contributed by atoms with E-state index in [0.717, 1.165) is 6.07 Å². The molecule has 1 rings (SSSR count). The molecule has 4 nitrogen and oxygen atoms in total. The molecule has 5 heteroatoms. The quantitative estimate of drug-likeness (QED) is 0.785. The molecule has 2 N–H and O–H groups in total. The molecular weight excluding hydrogens is 238 g/mol. The van der Waals surface area contributed by atoms with Crippen LogP contribution in [0.3, 0.4) is 0 Å². The van der Waals surface area contributed by atoms with Gasteiger partial charge in [-0.2, -0.15) is 5.26 Å². The third-order valence-corrected chi connectivity index (χ3v) is 2.09. The third-order valence-electron chi connectivity index (χ3n) is 1.44. The Morgan fingerprint density at radius 3 is 2.62 bits per heavy atom. The van der Waals surface area contributed by atoms with Crippen LogP contribution in [-0.2, 0) is 0 Å². The highest BCUT2D eigenvalue weighted by atomic mass is 79.9. The largest absolute Gasteiger partial charge is 0.507 e. The number of benzene rings is 1. The summed E-state index contributed by atoms with van der Waals surface area (Å²) in [5.74, 6) is -1.49. The number of carboxylic acid groups (broad SMARTS) is 1. The highest BCUT2D eigenvalue weighted by Crippen LogP contribution is 2.25. The first kappa shape index (κ1) is 9.55. The lowest BCUT2D eigenvalue weighted by Gasteiger charge is -2.01. The highest BCUT2D eigenvalue weighted by Gasteiger charge is 2.12. The van der Waals surface area contributed by atoms with Crippen molar-refractivity contribution >= 4 is 21.9 Å². The van der Waals surface area contributed by atoms with Crippen molar-refractivity contribution in [2.45, 2.75) is 0 Å². The molecule has 66 valence electrons. The molecule has 0 saturated heterocycles. The fraction of sp³-hybridized carbons (Fsp3) is 0. The molecular formula is C8H4BrNO3. The average Bonchev–Trinajstić information content (AvgIpc) is 2.07. The van der Waals surface area contributed by atoms with Gasteiger partial charge in [0.2, 0.25) is 0 Å². The fourth-order valence-electron chi connectivity index (χ4n) is 0.815. The zero-order chi connectivity index (χ0) is 10.0. The molecule has 0 aliphatic heterocycles. The van der Waals surface area contributed by atoms with E-state index < -0.39 is 5.97 Å². The number of rotatable bonds is 1. The number of nitriles is 1. The van der Waals surface area contributed by atoms with E-state index >= 15 is 0 Å². The Hall–Kier alpha value is -1.54. The van der Waals surface area contributed by atoms with Gasteiger partial charge in [-0.15, -0.1) is 0 Å². The summed E-state index contributed by atoms with van der Waals surface area (Å²) in [6.45, 7) is 0. The summed E-state index contributed by atoms with van der Waals surface area (Å²) in [7, 11) is 0. The maximum Gasteiger partial charge on any atom is 0.336 e. The minimum atomic E-state index is -1.16. The van der Waals surface area contributed by atoms with Gasteiger partial charge >= 0.3 is 5.97 Å². The molecule has 0 heterocycles. The van der Waals surface area contributed by atoms with Crippen molar-refractivity contribution in [2.75, 3.05) is 0 Å². The fourth-order valence-corrected chi connectivity index (χ4v) is 1.33. The van der Waals surface area contributed by atoms with E-state index in [9.17, 15) is 4.79 Å². The number of hydrogen-bond acceptors (Lipinski definition) is 3. The van der Waals surface area contributed by atoms with Gasteiger partial charge in [0.05, 0.1) is 11.1 Å². The Bertz CT molecular complexity index is 409. The molecule has 0 radical (unpaired) electrons. The van der Waals surface area contributed by atoms with Crippen LogP contribution in [0, 0.1) is 11.3 Å². The van der Waals surface area contributed by atoms with Gasteiger partial charge in [-0.3, -0.25) is 0 Å². The molecule has 0 atom stereocenters. The third kappa shape index (κ3) is 1.79. The normalized spacial score (nSPS) is 9.23.